The molecule has 0 heterocycles. The number of rotatable bonds is 7. The van der Waals surface area contributed by atoms with Crippen LogP contribution in [-0.4, -0.2) is 30.3 Å². The van der Waals surface area contributed by atoms with Gasteiger partial charge in [-0.2, -0.15) is 0 Å². The molecule has 0 bridgehead atoms. The Morgan fingerprint density at radius 3 is 2.53 bits per heavy atom. The molecule has 1 saturated carbocycles. The third-order valence-electron chi connectivity index (χ3n) is 2.15. The van der Waals surface area contributed by atoms with Crippen molar-refractivity contribution in [1.29, 1.82) is 0 Å². The Morgan fingerprint density at radius 1 is 1.20 bits per heavy atom. The largest absolute Gasteiger partial charge is 0.356 e. The number of hydrogen-bond donors (Lipinski definition) is 2. The standard InChI is InChI=1S/C10H17ClN2O2/c11-6-1-2-9(14)12-7-5-10(15)13-8-3-4-8/h8H,1-7H2,(H,12,14)(H,13,15). The molecule has 0 aliphatic heterocycles. The summed E-state index contributed by atoms with van der Waals surface area (Å²) in [6.45, 7) is 0.416. The third kappa shape index (κ3) is 6.33. The van der Waals surface area contributed by atoms with E-state index in [1.807, 2.05) is 0 Å². The Hall–Kier alpha value is -0.770. The molecule has 15 heavy (non-hydrogen) atoms. The monoisotopic (exact) mass is 232 g/mol. The van der Waals surface area contributed by atoms with Gasteiger partial charge in [0, 0.05) is 31.3 Å². The van der Waals surface area contributed by atoms with Gasteiger partial charge in [-0.05, 0) is 19.3 Å². The number of hydrogen-bond acceptors (Lipinski definition) is 2. The van der Waals surface area contributed by atoms with Gasteiger partial charge >= 0.3 is 0 Å². The molecule has 0 saturated heterocycles. The predicted octanol–water partition coefficient (Wildman–Crippen LogP) is 0.790. The number of halogens is 1. The van der Waals surface area contributed by atoms with Crippen molar-refractivity contribution in [3.8, 4) is 0 Å². The van der Waals surface area contributed by atoms with Gasteiger partial charge in [-0.25, -0.2) is 0 Å². The van der Waals surface area contributed by atoms with Gasteiger partial charge in [-0.3, -0.25) is 9.59 Å². The maximum Gasteiger partial charge on any atom is 0.221 e. The van der Waals surface area contributed by atoms with Crippen LogP contribution in [-0.2, 0) is 9.59 Å². The van der Waals surface area contributed by atoms with Crippen molar-refractivity contribution in [1.82, 2.24) is 10.6 Å². The van der Waals surface area contributed by atoms with E-state index in [0.29, 0.717) is 37.7 Å². The van der Waals surface area contributed by atoms with Gasteiger partial charge in [0.2, 0.25) is 11.8 Å². The van der Waals surface area contributed by atoms with E-state index >= 15 is 0 Å². The molecule has 2 amide bonds. The first-order valence-corrected chi connectivity index (χ1v) is 5.88. The first-order chi connectivity index (χ1) is 7.22. The molecule has 0 aromatic rings. The summed E-state index contributed by atoms with van der Waals surface area (Å²) in [6, 6.07) is 0.393. The van der Waals surface area contributed by atoms with Gasteiger partial charge in [0.1, 0.15) is 0 Å². The molecule has 1 fully saturated rings. The predicted molar refractivity (Wildman–Crippen MR) is 58.7 cm³/mol. The summed E-state index contributed by atoms with van der Waals surface area (Å²) < 4.78 is 0. The normalized spacial score (nSPS) is 14.7. The lowest BCUT2D eigenvalue weighted by Gasteiger charge is -2.05. The van der Waals surface area contributed by atoms with E-state index in [2.05, 4.69) is 10.6 Å². The molecule has 0 unspecified atom stereocenters. The van der Waals surface area contributed by atoms with Crippen molar-refractivity contribution in [3.05, 3.63) is 0 Å². The molecule has 4 nitrogen and oxygen atoms in total. The maximum atomic E-state index is 11.2. The van der Waals surface area contributed by atoms with Crippen LogP contribution in [0.3, 0.4) is 0 Å². The minimum Gasteiger partial charge on any atom is -0.356 e. The molecular formula is C10H17ClN2O2. The Kier molecular flexibility index (Phi) is 5.47. The summed E-state index contributed by atoms with van der Waals surface area (Å²) in [5.74, 6) is 0.486. The molecule has 0 atom stereocenters. The summed E-state index contributed by atoms with van der Waals surface area (Å²) in [6.07, 6.45) is 3.67. The van der Waals surface area contributed by atoms with Gasteiger partial charge in [0.15, 0.2) is 0 Å². The van der Waals surface area contributed by atoms with Crippen LogP contribution in [0.15, 0.2) is 0 Å². The molecule has 0 radical (unpaired) electrons. The highest BCUT2D eigenvalue weighted by Gasteiger charge is 2.22. The SMILES string of the molecule is O=C(CCCCl)NCCC(=O)NC1CC1. The lowest BCUT2D eigenvalue weighted by molar-refractivity contribution is -0.122. The molecule has 0 spiro atoms. The lowest BCUT2D eigenvalue weighted by Crippen LogP contribution is -2.31. The summed E-state index contributed by atoms with van der Waals surface area (Å²) >= 11 is 5.45. The smallest absolute Gasteiger partial charge is 0.221 e. The summed E-state index contributed by atoms with van der Waals surface area (Å²) in [7, 11) is 0. The van der Waals surface area contributed by atoms with Crippen molar-refractivity contribution in [2.75, 3.05) is 12.4 Å². The fourth-order valence-corrected chi connectivity index (χ4v) is 1.29. The van der Waals surface area contributed by atoms with E-state index < -0.39 is 0 Å². The maximum absolute atomic E-state index is 11.2. The second-order valence-corrected chi connectivity index (χ2v) is 4.11. The van der Waals surface area contributed by atoms with E-state index in [-0.39, 0.29) is 11.8 Å². The van der Waals surface area contributed by atoms with Gasteiger partial charge in [-0.15, -0.1) is 11.6 Å². The average Bonchev–Trinajstić information content (AvgIpc) is 2.98. The van der Waals surface area contributed by atoms with Gasteiger partial charge < -0.3 is 10.6 Å². The minimum atomic E-state index is -0.0325. The van der Waals surface area contributed by atoms with Crippen molar-refractivity contribution in [2.45, 2.75) is 38.1 Å². The van der Waals surface area contributed by atoms with Crippen LogP contribution in [0.2, 0.25) is 0 Å². The van der Waals surface area contributed by atoms with Crippen LogP contribution in [0.5, 0.6) is 0 Å². The van der Waals surface area contributed by atoms with Gasteiger partial charge in [0.05, 0.1) is 0 Å². The summed E-state index contributed by atoms with van der Waals surface area (Å²) in [5, 5.41) is 5.54. The second-order valence-electron chi connectivity index (χ2n) is 3.73. The molecule has 1 aliphatic rings. The highest BCUT2D eigenvalue weighted by Crippen LogP contribution is 2.18. The van der Waals surface area contributed by atoms with Crippen LogP contribution in [0.4, 0.5) is 0 Å². The van der Waals surface area contributed by atoms with Crippen molar-refractivity contribution in [2.24, 2.45) is 0 Å². The molecule has 2 N–H and O–H groups in total. The van der Waals surface area contributed by atoms with Crippen LogP contribution in [0, 0.1) is 0 Å². The number of carbonyl (C=O) groups is 2. The van der Waals surface area contributed by atoms with Crippen LogP contribution in [0.25, 0.3) is 0 Å². The second kappa shape index (κ2) is 6.67. The lowest BCUT2D eigenvalue weighted by atomic mass is 10.3. The summed E-state index contributed by atoms with van der Waals surface area (Å²) in [5.41, 5.74) is 0. The van der Waals surface area contributed by atoms with Crippen molar-refractivity contribution >= 4 is 23.4 Å². The molecule has 0 aromatic carbocycles. The fourth-order valence-electron chi connectivity index (χ4n) is 1.16. The molecular weight excluding hydrogens is 216 g/mol. The van der Waals surface area contributed by atoms with E-state index in [4.69, 9.17) is 11.6 Å². The zero-order valence-electron chi connectivity index (χ0n) is 8.72. The van der Waals surface area contributed by atoms with E-state index in [9.17, 15) is 9.59 Å². The van der Waals surface area contributed by atoms with Crippen LogP contribution in [0.1, 0.15) is 32.1 Å². The molecule has 5 heteroatoms. The minimum absolute atomic E-state index is 0.0233. The first-order valence-electron chi connectivity index (χ1n) is 5.34. The summed E-state index contributed by atoms with van der Waals surface area (Å²) in [4.78, 5) is 22.3. The van der Waals surface area contributed by atoms with E-state index in [1.54, 1.807) is 0 Å². The zero-order chi connectivity index (χ0) is 11.1. The van der Waals surface area contributed by atoms with Crippen molar-refractivity contribution in [3.63, 3.8) is 0 Å². The van der Waals surface area contributed by atoms with Crippen LogP contribution >= 0.6 is 11.6 Å². The number of nitrogens with one attached hydrogen (secondary N) is 2. The molecule has 1 rings (SSSR count). The fraction of sp³-hybridized carbons (Fsp3) is 0.800. The zero-order valence-corrected chi connectivity index (χ0v) is 9.48. The third-order valence-corrected chi connectivity index (χ3v) is 2.42. The Morgan fingerprint density at radius 2 is 1.93 bits per heavy atom. The van der Waals surface area contributed by atoms with Gasteiger partial charge in [0.25, 0.3) is 0 Å². The highest BCUT2D eigenvalue weighted by atomic mass is 35.5. The van der Waals surface area contributed by atoms with E-state index in [0.717, 1.165) is 12.8 Å². The van der Waals surface area contributed by atoms with E-state index in [1.165, 1.54) is 0 Å². The topological polar surface area (TPSA) is 58.2 Å². The van der Waals surface area contributed by atoms with Crippen LogP contribution < -0.4 is 10.6 Å². The molecule has 0 aromatic heterocycles. The number of carbonyl (C=O) groups excluding carboxylic acids is 2. The highest BCUT2D eigenvalue weighted by molar-refractivity contribution is 6.17. The molecule has 1 aliphatic carbocycles. The Balaban J connectivity index is 1.94. The quantitative estimate of drug-likeness (QED) is 0.638. The first kappa shape index (κ1) is 12.3. The average molecular weight is 233 g/mol. The molecule has 86 valence electrons. The van der Waals surface area contributed by atoms with Gasteiger partial charge in [-0.1, -0.05) is 0 Å². The Bertz CT molecular complexity index is 229. The Labute approximate surface area is 94.7 Å². The number of alkyl halides is 1. The van der Waals surface area contributed by atoms with Crippen molar-refractivity contribution < 1.29 is 9.59 Å². The number of amides is 2.